The van der Waals surface area contributed by atoms with Gasteiger partial charge < -0.3 is 5.32 Å². The highest BCUT2D eigenvalue weighted by molar-refractivity contribution is 5.76. The van der Waals surface area contributed by atoms with Gasteiger partial charge in [-0.3, -0.25) is 9.18 Å². The van der Waals surface area contributed by atoms with E-state index in [4.69, 9.17) is 0 Å². The van der Waals surface area contributed by atoms with Gasteiger partial charge in [-0.25, -0.2) is 8.78 Å². The quantitative estimate of drug-likeness (QED) is 0.799. The van der Waals surface area contributed by atoms with Crippen LogP contribution in [-0.4, -0.2) is 19.0 Å². The van der Waals surface area contributed by atoms with Crippen molar-refractivity contribution < 1.29 is 18.0 Å². The molecule has 0 atom stereocenters. The molecule has 1 N–H and O–H groups in total. The average Bonchev–Trinajstić information content (AvgIpc) is 2.31. The van der Waals surface area contributed by atoms with Gasteiger partial charge in [-0.1, -0.05) is 0 Å². The third-order valence-electron chi connectivity index (χ3n) is 3.55. The molecule has 1 aliphatic carbocycles. The van der Waals surface area contributed by atoms with Crippen molar-refractivity contribution in [3.05, 3.63) is 29.3 Å². The zero-order valence-corrected chi connectivity index (χ0v) is 10.5. The molecule has 2 nitrogen and oxygen atoms in total. The van der Waals surface area contributed by atoms with Gasteiger partial charge in [0.25, 0.3) is 0 Å². The minimum absolute atomic E-state index is 0.171. The van der Waals surface area contributed by atoms with Gasteiger partial charge in [0, 0.05) is 11.7 Å². The van der Waals surface area contributed by atoms with Crippen LogP contribution in [-0.2, 0) is 0 Å². The Hall–Kier alpha value is -1.52. The van der Waals surface area contributed by atoms with Crippen LogP contribution in [0.5, 0.6) is 0 Å². The van der Waals surface area contributed by atoms with Crippen molar-refractivity contribution >= 4 is 12.0 Å². The highest BCUT2D eigenvalue weighted by atomic mass is 19.1. The second-order valence-electron chi connectivity index (χ2n) is 4.98. The third-order valence-corrected chi connectivity index (χ3v) is 3.55. The molecule has 0 heterocycles. The van der Waals surface area contributed by atoms with Gasteiger partial charge in [-0.2, -0.15) is 0 Å². The summed E-state index contributed by atoms with van der Waals surface area (Å²) in [5.41, 5.74) is -0.200. The molecular formula is C14H16F3NO. The first-order chi connectivity index (χ1) is 9.13. The van der Waals surface area contributed by atoms with Crippen molar-refractivity contribution in [3.63, 3.8) is 0 Å². The summed E-state index contributed by atoms with van der Waals surface area (Å²) in [6.07, 6.45) is 3.39. The van der Waals surface area contributed by atoms with E-state index in [2.05, 4.69) is 5.32 Å². The van der Waals surface area contributed by atoms with Gasteiger partial charge in [0.15, 0.2) is 6.29 Å². The predicted octanol–water partition coefficient (Wildman–Crippen LogP) is 3.72. The van der Waals surface area contributed by atoms with Crippen LogP contribution < -0.4 is 5.32 Å². The summed E-state index contributed by atoms with van der Waals surface area (Å²) >= 11 is 0. The molecule has 0 radical (unpaired) electrons. The highest BCUT2D eigenvalue weighted by Crippen LogP contribution is 2.34. The van der Waals surface area contributed by atoms with E-state index in [1.807, 2.05) is 0 Å². The molecule has 0 spiro atoms. The molecule has 0 aliphatic heterocycles. The number of halogens is 3. The van der Waals surface area contributed by atoms with Gasteiger partial charge >= 0.3 is 0 Å². The molecule has 0 saturated heterocycles. The van der Waals surface area contributed by atoms with E-state index in [0.29, 0.717) is 18.0 Å². The first-order valence-electron chi connectivity index (χ1n) is 6.40. The summed E-state index contributed by atoms with van der Waals surface area (Å²) in [4.78, 5) is 10.5. The molecule has 104 valence electrons. The first-order valence-corrected chi connectivity index (χ1v) is 6.40. The maximum Gasteiger partial charge on any atom is 0.155 e. The molecule has 5 heteroatoms. The van der Waals surface area contributed by atoms with Crippen LogP contribution in [0, 0.1) is 17.6 Å². The topological polar surface area (TPSA) is 29.1 Å². The fourth-order valence-corrected chi connectivity index (χ4v) is 2.47. The van der Waals surface area contributed by atoms with E-state index >= 15 is 0 Å². The van der Waals surface area contributed by atoms with Gasteiger partial charge in [0.1, 0.15) is 11.6 Å². The Morgan fingerprint density at radius 3 is 2.42 bits per heavy atom. The molecule has 2 rings (SSSR count). The van der Waals surface area contributed by atoms with E-state index < -0.39 is 17.2 Å². The molecule has 0 unspecified atom stereocenters. The summed E-state index contributed by atoms with van der Waals surface area (Å²) in [5, 5.41) is 3.03. The van der Waals surface area contributed by atoms with Crippen LogP contribution >= 0.6 is 0 Å². The van der Waals surface area contributed by atoms with Crippen molar-refractivity contribution in [2.24, 2.45) is 5.92 Å². The van der Waals surface area contributed by atoms with E-state index in [9.17, 15) is 18.0 Å². The Morgan fingerprint density at radius 2 is 1.89 bits per heavy atom. The Kier molecular flexibility index (Phi) is 4.45. The maximum absolute atomic E-state index is 13.4. The van der Waals surface area contributed by atoms with Crippen molar-refractivity contribution in [2.45, 2.75) is 31.7 Å². The number of nitrogens with one attached hydrogen (secondary N) is 1. The van der Waals surface area contributed by atoms with E-state index in [1.165, 1.54) is 0 Å². The van der Waals surface area contributed by atoms with Crippen LogP contribution in [0.2, 0.25) is 0 Å². The van der Waals surface area contributed by atoms with Crippen LogP contribution in [0.15, 0.2) is 12.1 Å². The van der Waals surface area contributed by atoms with Crippen molar-refractivity contribution in [3.8, 4) is 0 Å². The summed E-state index contributed by atoms with van der Waals surface area (Å²) in [5.74, 6) is -1.21. The highest BCUT2D eigenvalue weighted by Gasteiger charge is 2.28. The molecule has 1 fully saturated rings. The maximum atomic E-state index is 13.4. The lowest BCUT2D eigenvalue weighted by atomic mass is 9.77. The number of anilines is 1. The molecule has 0 aromatic heterocycles. The SMILES string of the molecule is O=Cc1c(F)cc(NC2CC(CCCF)C2)cc1F. The van der Waals surface area contributed by atoms with Gasteiger partial charge in [-0.15, -0.1) is 0 Å². The summed E-state index contributed by atoms with van der Waals surface area (Å²) in [6, 6.07) is 2.43. The van der Waals surface area contributed by atoms with E-state index in [1.54, 1.807) is 0 Å². The number of benzene rings is 1. The van der Waals surface area contributed by atoms with Crippen molar-refractivity contribution in [1.82, 2.24) is 0 Å². The van der Waals surface area contributed by atoms with Crippen LogP contribution in [0.1, 0.15) is 36.0 Å². The van der Waals surface area contributed by atoms with Crippen LogP contribution in [0.4, 0.5) is 18.9 Å². The molecule has 1 aliphatic rings. The fraction of sp³-hybridized carbons (Fsp3) is 0.500. The number of carbonyl (C=O) groups excluding carboxylic acids is 1. The summed E-state index contributed by atoms with van der Waals surface area (Å²) < 4.78 is 38.7. The number of hydrogen-bond acceptors (Lipinski definition) is 2. The molecule has 19 heavy (non-hydrogen) atoms. The van der Waals surface area contributed by atoms with Crippen LogP contribution in [0.3, 0.4) is 0 Å². The molecule has 0 bridgehead atoms. The number of carbonyl (C=O) groups is 1. The molecule has 1 saturated carbocycles. The fourth-order valence-electron chi connectivity index (χ4n) is 2.47. The zero-order chi connectivity index (χ0) is 13.8. The predicted molar refractivity (Wildman–Crippen MR) is 67.1 cm³/mol. The van der Waals surface area contributed by atoms with Crippen molar-refractivity contribution in [2.75, 3.05) is 12.0 Å². The number of alkyl halides is 1. The first kappa shape index (κ1) is 13.9. The smallest absolute Gasteiger partial charge is 0.155 e. The minimum atomic E-state index is -0.856. The molecular weight excluding hydrogens is 255 g/mol. The Balaban J connectivity index is 1.90. The second-order valence-corrected chi connectivity index (χ2v) is 4.98. The van der Waals surface area contributed by atoms with Gasteiger partial charge in [0.2, 0.25) is 0 Å². The van der Waals surface area contributed by atoms with Crippen molar-refractivity contribution in [1.29, 1.82) is 0 Å². The summed E-state index contributed by atoms with van der Waals surface area (Å²) in [7, 11) is 0. The number of aldehydes is 1. The largest absolute Gasteiger partial charge is 0.382 e. The second kappa shape index (κ2) is 6.08. The number of hydrogen-bond donors (Lipinski definition) is 1. The molecule has 1 aromatic rings. The third kappa shape index (κ3) is 3.28. The van der Waals surface area contributed by atoms with E-state index in [-0.39, 0.29) is 19.0 Å². The zero-order valence-electron chi connectivity index (χ0n) is 10.5. The number of rotatable bonds is 6. The normalized spacial score (nSPS) is 21.8. The standard InChI is InChI=1S/C14H16F3NO/c15-3-1-2-9-4-10(5-9)18-11-6-13(16)12(8-19)14(17)7-11/h6-10,18H,1-5H2. The average molecular weight is 271 g/mol. The molecule has 0 amide bonds. The van der Waals surface area contributed by atoms with Gasteiger partial charge in [-0.05, 0) is 43.7 Å². The lowest BCUT2D eigenvalue weighted by Gasteiger charge is -2.36. The minimum Gasteiger partial charge on any atom is -0.382 e. The lowest BCUT2D eigenvalue weighted by molar-refractivity contribution is 0.111. The lowest BCUT2D eigenvalue weighted by Crippen LogP contribution is -2.35. The van der Waals surface area contributed by atoms with E-state index in [0.717, 1.165) is 31.4 Å². The molecule has 1 aromatic carbocycles. The van der Waals surface area contributed by atoms with Gasteiger partial charge in [0.05, 0.1) is 12.2 Å². The Morgan fingerprint density at radius 1 is 1.26 bits per heavy atom. The monoisotopic (exact) mass is 271 g/mol. The summed E-state index contributed by atoms with van der Waals surface area (Å²) in [6.45, 7) is -0.293. The Labute approximate surface area is 110 Å². The van der Waals surface area contributed by atoms with Crippen LogP contribution in [0.25, 0.3) is 0 Å². The Bertz CT molecular complexity index is 435.